The lowest BCUT2D eigenvalue weighted by Gasteiger charge is -2.10. The summed E-state index contributed by atoms with van der Waals surface area (Å²) < 4.78 is 5.24. The average molecular weight is 178 g/mol. The van der Waals surface area contributed by atoms with Crippen LogP contribution >= 0.6 is 0 Å². The SMILES string of the molecule is C=C(OCc1ccccc1)[C@H](C)O. The Morgan fingerprint density at radius 1 is 1.46 bits per heavy atom. The van der Waals surface area contributed by atoms with Gasteiger partial charge in [0.1, 0.15) is 18.5 Å². The van der Waals surface area contributed by atoms with E-state index in [2.05, 4.69) is 6.58 Å². The van der Waals surface area contributed by atoms with Crippen LogP contribution in [-0.2, 0) is 11.3 Å². The van der Waals surface area contributed by atoms with E-state index in [-0.39, 0.29) is 0 Å². The molecule has 1 atom stereocenters. The molecule has 0 aromatic heterocycles. The summed E-state index contributed by atoms with van der Waals surface area (Å²) in [5, 5.41) is 9.07. The molecule has 2 heteroatoms. The number of benzene rings is 1. The Hall–Kier alpha value is -1.28. The number of ether oxygens (including phenoxy) is 1. The fourth-order valence-corrected chi connectivity index (χ4v) is 0.871. The van der Waals surface area contributed by atoms with E-state index in [4.69, 9.17) is 9.84 Å². The van der Waals surface area contributed by atoms with Crippen LogP contribution in [0.2, 0.25) is 0 Å². The Kier molecular flexibility index (Phi) is 3.53. The van der Waals surface area contributed by atoms with E-state index >= 15 is 0 Å². The van der Waals surface area contributed by atoms with E-state index in [9.17, 15) is 0 Å². The highest BCUT2D eigenvalue weighted by molar-refractivity contribution is 5.13. The minimum Gasteiger partial charge on any atom is -0.491 e. The minimum absolute atomic E-state index is 0.406. The van der Waals surface area contributed by atoms with Gasteiger partial charge in [0.25, 0.3) is 0 Å². The van der Waals surface area contributed by atoms with Crippen LogP contribution < -0.4 is 0 Å². The van der Waals surface area contributed by atoms with Gasteiger partial charge in [0, 0.05) is 0 Å². The largest absolute Gasteiger partial charge is 0.491 e. The average Bonchev–Trinajstić information content (AvgIpc) is 2.15. The zero-order valence-electron chi connectivity index (χ0n) is 7.73. The molecule has 1 aromatic carbocycles. The first-order valence-electron chi connectivity index (χ1n) is 4.23. The van der Waals surface area contributed by atoms with E-state index in [0.29, 0.717) is 12.4 Å². The molecule has 1 rings (SSSR count). The second kappa shape index (κ2) is 4.67. The second-order valence-corrected chi connectivity index (χ2v) is 2.92. The quantitative estimate of drug-likeness (QED) is 0.715. The van der Waals surface area contributed by atoms with Gasteiger partial charge in [0.15, 0.2) is 0 Å². The smallest absolute Gasteiger partial charge is 0.118 e. The lowest BCUT2D eigenvalue weighted by atomic mass is 10.2. The number of aliphatic hydroxyl groups excluding tert-OH is 1. The van der Waals surface area contributed by atoms with Crippen LogP contribution in [0.1, 0.15) is 12.5 Å². The van der Waals surface area contributed by atoms with Gasteiger partial charge in [-0.25, -0.2) is 0 Å². The number of aliphatic hydroxyl groups is 1. The molecule has 13 heavy (non-hydrogen) atoms. The topological polar surface area (TPSA) is 29.5 Å². The minimum atomic E-state index is -0.608. The van der Waals surface area contributed by atoms with E-state index in [1.807, 2.05) is 30.3 Å². The summed E-state index contributed by atoms with van der Waals surface area (Å²) in [4.78, 5) is 0. The summed E-state index contributed by atoms with van der Waals surface area (Å²) in [7, 11) is 0. The fourth-order valence-electron chi connectivity index (χ4n) is 0.871. The van der Waals surface area contributed by atoms with Gasteiger partial charge in [-0.1, -0.05) is 36.9 Å². The van der Waals surface area contributed by atoms with Crippen LogP contribution in [-0.4, -0.2) is 11.2 Å². The first kappa shape index (κ1) is 9.81. The summed E-state index contributed by atoms with van der Waals surface area (Å²) in [6.07, 6.45) is -0.608. The van der Waals surface area contributed by atoms with E-state index in [1.165, 1.54) is 0 Å². The third-order valence-corrected chi connectivity index (χ3v) is 1.73. The maximum atomic E-state index is 9.07. The Labute approximate surface area is 78.5 Å². The highest BCUT2D eigenvalue weighted by atomic mass is 16.5. The van der Waals surface area contributed by atoms with Crippen molar-refractivity contribution in [1.82, 2.24) is 0 Å². The summed E-state index contributed by atoms with van der Waals surface area (Å²) in [5.41, 5.74) is 1.07. The Morgan fingerprint density at radius 2 is 2.08 bits per heavy atom. The maximum Gasteiger partial charge on any atom is 0.118 e. The molecule has 0 saturated heterocycles. The molecule has 0 aliphatic heterocycles. The zero-order chi connectivity index (χ0) is 9.68. The van der Waals surface area contributed by atoms with Crippen molar-refractivity contribution in [3.63, 3.8) is 0 Å². The van der Waals surface area contributed by atoms with Gasteiger partial charge < -0.3 is 9.84 Å². The van der Waals surface area contributed by atoms with Crippen molar-refractivity contribution in [2.24, 2.45) is 0 Å². The van der Waals surface area contributed by atoms with Crippen molar-refractivity contribution < 1.29 is 9.84 Å². The van der Waals surface area contributed by atoms with Crippen LogP contribution in [0.5, 0.6) is 0 Å². The maximum absolute atomic E-state index is 9.07. The molecule has 0 radical (unpaired) electrons. The van der Waals surface area contributed by atoms with Crippen LogP contribution in [0.4, 0.5) is 0 Å². The zero-order valence-corrected chi connectivity index (χ0v) is 7.73. The van der Waals surface area contributed by atoms with Crippen molar-refractivity contribution in [2.45, 2.75) is 19.6 Å². The monoisotopic (exact) mass is 178 g/mol. The lowest BCUT2D eigenvalue weighted by Crippen LogP contribution is -2.06. The molecular weight excluding hydrogens is 164 g/mol. The highest BCUT2D eigenvalue weighted by Crippen LogP contribution is 2.06. The molecule has 0 aliphatic rings. The highest BCUT2D eigenvalue weighted by Gasteiger charge is 2.02. The number of hydrogen-bond acceptors (Lipinski definition) is 2. The van der Waals surface area contributed by atoms with Crippen molar-refractivity contribution in [3.05, 3.63) is 48.2 Å². The third kappa shape index (κ3) is 3.30. The number of hydrogen-bond donors (Lipinski definition) is 1. The summed E-state index contributed by atoms with van der Waals surface area (Å²) in [5.74, 6) is 0.406. The van der Waals surface area contributed by atoms with Gasteiger partial charge in [-0.05, 0) is 12.5 Å². The molecule has 1 aromatic rings. The van der Waals surface area contributed by atoms with Crippen LogP contribution in [0.25, 0.3) is 0 Å². The van der Waals surface area contributed by atoms with Gasteiger partial charge in [-0.3, -0.25) is 0 Å². The molecule has 0 aliphatic carbocycles. The van der Waals surface area contributed by atoms with Crippen molar-refractivity contribution >= 4 is 0 Å². The molecule has 0 unspecified atom stereocenters. The summed E-state index contributed by atoms with van der Waals surface area (Å²) >= 11 is 0. The molecule has 0 saturated carbocycles. The lowest BCUT2D eigenvalue weighted by molar-refractivity contribution is 0.106. The normalized spacial score (nSPS) is 12.2. The first-order chi connectivity index (χ1) is 6.20. The molecule has 0 spiro atoms. The Bertz CT molecular complexity index is 265. The molecule has 1 N–H and O–H groups in total. The Morgan fingerprint density at radius 3 is 2.62 bits per heavy atom. The third-order valence-electron chi connectivity index (χ3n) is 1.73. The molecule has 0 heterocycles. The molecule has 70 valence electrons. The van der Waals surface area contributed by atoms with Gasteiger partial charge in [0.05, 0.1) is 0 Å². The second-order valence-electron chi connectivity index (χ2n) is 2.92. The van der Waals surface area contributed by atoms with Crippen LogP contribution in [0.15, 0.2) is 42.7 Å². The predicted octanol–water partition coefficient (Wildman–Crippen LogP) is 2.10. The standard InChI is InChI=1S/C11H14O2/c1-9(12)10(2)13-8-11-6-4-3-5-7-11/h3-7,9,12H,2,8H2,1H3/t9-/m0/s1. The molecule has 2 nitrogen and oxygen atoms in total. The van der Waals surface area contributed by atoms with Crippen molar-refractivity contribution in [1.29, 1.82) is 0 Å². The van der Waals surface area contributed by atoms with Gasteiger partial charge >= 0.3 is 0 Å². The van der Waals surface area contributed by atoms with Crippen molar-refractivity contribution in [3.8, 4) is 0 Å². The van der Waals surface area contributed by atoms with Crippen LogP contribution in [0.3, 0.4) is 0 Å². The molecular formula is C11H14O2. The van der Waals surface area contributed by atoms with Gasteiger partial charge in [-0.2, -0.15) is 0 Å². The fraction of sp³-hybridized carbons (Fsp3) is 0.273. The summed E-state index contributed by atoms with van der Waals surface area (Å²) in [6, 6.07) is 9.78. The summed E-state index contributed by atoms with van der Waals surface area (Å²) in [6.45, 7) is 5.69. The molecule has 0 amide bonds. The van der Waals surface area contributed by atoms with Gasteiger partial charge in [0.2, 0.25) is 0 Å². The first-order valence-corrected chi connectivity index (χ1v) is 4.23. The molecule has 0 fully saturated rings. The van der Waals surface area contributed by atoms with Gasteiger partial charge in [-0.15, -0.1) is 0 Å². The van der Waals surface area contributed by atoms with E-state index in [1.54, 1.807) is 6.92 Å². The Balaban J connectivity index is 2.40. The predicted molar refractivity (Wildman–Crippen MR) is 52.1 cm³/mol. The molecule has 0 bridgehead atoms. The number of rotatable bonds is 4. The van der Waals surface area contributed by atoms with E-state index in [0.717, 1.165) is 5.56 Å². The van der Waals surface area contributed by atoms with E-state index < -0.39 is 6.10 Å². The van der Waals surface area contributed by atoms with Crippen molar-refractivity contribution in [2.75, 3.05) is 0 Å². The van der Waals surface area contributed by atoms with Crippen LogP contribution in [0, 0.1) is 0 Å².